The Morgan fingerprint density at radius 3 is 2.78 bits per heavy atom. The first-order valence-corrected chi connectivity index (χ1v) is 5.82. The Bertz CT molecular complexity index is 720. The van der Waals surface area contributed by atoms with Gasteiger partial charge in [0.15, 0.2) is 0 Å². The molecule has 0 fully saturated rings. The molecule has 3 nitrogen and oxygen atoms in total. The van der Waals surface area contributed by atoms with E-state index >= 15 is 0 Å². The van der Waals surface area contributed by atoms with Crippen molar-refractivity contribution in [2.45, 2.75) is 6.92 Å². The van der Waals surface area contributed by atoms with E-state index in [9.17, 15) is 0 Å². The van der Waals surface area contributed by atoms with Gasteiger partial charge in [0.2, 0.25) is 0 Å². The van der Waals surface area contributed by atoms with E-state index in [2.05, 4.69) is 22.1 Å². The van der Waals surface area contributed by atoms with E-state index in [0.717, 1.165) is 27.9 Å². The summed E-state index contributed by atoms with van der Waals surface area (Å²) < 4.78 is 0. The zero-order valence-electron chi connectivity index (χ0n) is 10.1. The van der Waals surface area contributed by atoms with E-state index in [-0.39, 0.29) is 0 Å². The van der Waals surface area contributed by atoms with Crippen molar-refractivity contribution in [3.8, 4) is 11.3 Å². The van der Waals surface area contributed by atoms with E-state index in [1.165, 1.54) is 0 Å². The van der Waals surface area contributed by atoms with Gasteiger partial charge in [-0.15, -0.1) is 0 Å². The predicted octanol–water partition coefficient (Wildman–Crippen LogP) is 3.19. The van der Waals surface area contributed by atoms with Crippen molar-refractivity contribution >= 4 is 16.6 Å². The highest BCUT2D eigenvalue weighted by molar-refractivity contribution is 5.86. The number of anilines is 1. The topological polar surface area (TPSA) is 51.8 Å². The second-order valence-corrected chi connectivity index (χ2v) is 4.30. The standard InChI is InChI=1S/C15H13N3/c1-10-4-5-11-9-12(6-7-14(11)18-10)15-13(16)3-2-8-17-15/h2-9H,16H2,1H3. The quantitative estimate of drug-likeness (QED) is 0.704. The third-order valence-electron chi connectivity index (χ3n) is 2.94. The maximum absolute atomic E-state index is 5.94. The smallest absolute Gasteiger partial charge is 0.0931 e. The van der Waals surface area contributed by atoms with Gasteiger partial charge in [-0.3, -0.25) is 9.97 Å². The molecule has 0 bridgehead atoms. The summed E-state index contributed by atoms with van der Waals surface area (Å²) in [6, 6.07) is 13.9. The van der Waals surface area contributed by atoms with Gasteiger partial charge >= 0.3 is 0 Å². The summed E-state index contributed by atoms with van der Waals surface area (Å²) in [5, 5.41) is 1.10. The molecule has 3 rings (SSSR count). The van der Waals surface area contributed by atoms with Crippen LogP contribution in [0.1, 0.15) is 5.69 Å². The summed E-state index contributed by atoms with van der Waals surface area (Å²) in [4.78, 5) is 8.81. The molecule has 0 aliphatic heterocycles. The van der Waals surface area contributed by atoms with Crippen LogP contribution >= 0.6 is 0 Å². The van der Waals surface area contributed by atoms with Crippen LogP contribution in [0.4, 0.5) is 5.69 Å². The lowest BCUT2D eigenvalue weighted by molar-refractivity contribution is 1.25. The molecule has 0 atom stereocenters. The van der Waals surface area contributed by atoms with E-state index in [1.54, 1.807) is 6.20 Å². The molecule has 0 unspecified atom stereocenters. The van der Waals surface area contributed by atoms with E-state index in [4.69, 9.17) is 5.73 Å². The van der Waals surface area contributed by atoms with Crippen LogP contribution < -0.4 is 5.73 Å². The zero-order valence-corrected chi connectivity index (χ0v) is 10.1. The van der Waals surface area contributed by atoms with Gasteiger partial charge in [-0.25, -0.2) is 0 Å². The average molecular weight is 235 g/mol. The molecule has 2 N–H and O–H groups in total. The molecule has 2 aromatic heterocycles. The summed E-state index contributed by atoms with van der Waals surface area (Å²) in [7, 11) is 0. The zero-order chi connectivity index (χ0) is 12.5. The van der Waals surface area contributed by atoms with Gasteiger partial charge in [-0.2, -0.15) is 0 Å². The highest BCUT2D eigenvalue weighted by Crippen LogP contribution is 2.26. The minimum absolute atomic E-state index is 0.692. The largest absolute Gasteiger partial charge is 0.397 e. The molecule has 18 heavy (non-hydrogen) atoms. The fourth-order valence-electron chi connectivity index (χ4n) is 2.03. The Balaban J connectivity index is 2.20. The van der Waals surface area contributed by atoms with Crippen molar-refractivity contribution in [2.75, 3.05) is 5.73 Å². The van der Waals surface area contributed by atoms with E-state index in [1.807, 2.05) is 37.3 Å². The number of hydrogen-bond acceptors (Lipinski definition) is 3. The number of rotatable bonds is 1. The normalized spacial score (nSPS) is 10.7. The summed E-state index contributed by atoms with van der Waals surface area (Å²) in [6.45, 7) is 1.99. The number of fused-ring (bicyclic) bond motifs is 1. The average Bonchev–Trinajstić information content (AvgIpc) is 2.39. The fourth-order valence-corrected chi connectivity index (χ4v) is 2.03. The van der Waals surface area contributed by atoms with E-state index in [0.29, 0.717) is 5.69 Å². The summed E-state index contributed by atoms with van der Waals surface area (Å²) in [5.41, 5.74) is 10.5. The van der Waals surface area contributed by atoms with Gasteiger partial charge < -0.3 is 5.73 Å². The Labute approximate surface area is 105 Å². The SMILES string of the molecule is Cc1ccc2cc(-c3ncccc3N)ccc2n1. The van der Waals surface area contributed by atoms with Crippen LogP contribution in [0.15, 0.2) is 48.7 Å². The number of hydrogen-bond donors (Lipinski definition) is 1. The van der Waals surface area contributed by atoms with Gasteiger partial charge in [0.25, 0.3) is 0 Å². The number of aromatic nitrogens is 2. The molecule has 0 aliphatic rings. The number of nitrogens with zero attached hydrogens (tertiary/aromatic N) is 2. The van der Waals surface area contributed by atoms with Crippen molar-refractivity contribution in [1.29, 1.82) is 0 Å². The van der Waals surface area contributed by atoms with Gasteiger partial charge in [0.1, 0.15) is 0 Å². The van der Waals surface area contributed by atoms with Crippen LogP contribution in [0.2, 0.25) is 0 Å². The highest BCUT2D eigenvalue weighted by Gasteiger charge is 2.04. The third kappa shape index (κ3) is 1.80. The van der Waals surface area contributed by atoms with Gasteiger partial charge in [-0.05, 0) is 37.3 Å². The number of nitrogens with two attached hydrogens (primary N) is 1. The predicted molar refractivity (Wildman–Crippen MR) is 74.1 cm³/mol. The van der Waals surface area contributed by atoms with Gasteiger partial charge in [-0.1, -0.05) is 12.1 Å². The monoisotopic (exact) mass is 235 g/mol. The number of benzene rings is 1. The minimum Gasteiger partial charge on any atom is -0.397 e. The minimum atomic E-state index is 0.692. The number of aryl methyl sites for hydroxylation is 1. The van der Waals surface area contributed by atoms with Crippen molar-refractivity contribution in [3.05, 3.63) is 54.4 Å². The van der Waals surface area contributed by atoms with Crippen LogP contribution in [0.5, 0.6) is 0 Å². The first kappa shape index (κ1) is 10.7. The van der Waals surface area contributed by atoms with Crippen LogP contribution in [0.25, 0.3) is 22.2 Å². The molecule has 3 aromatic rings. The molecule has 2 heterocycles. The highest BCUT2D eigenvalue weighted by atomic mass is 14.7. The molecular weight excluding hydrogens is 222 g/mol. The lowest BCUT2D eigenvalue weighted by Crippen LogP contribution is -1.92. The van der Waals surface area contributed by atoms with Crippen LogP contribution in [0, 0.1) is 6.92 Å². The third-order valence-corrected chi connectivity index (χ3v) is 2.94. The van der Waals surface area contributed by atoms with Crippen molar-refractivity contribution in [1.82, 2.24) is 9.97 Å². The van der Waals surface area contributed by atoms with E-state index < -0.39 is 0 Å². The molecule has 0 amide bonds. The Hall–Kier alpha value is -2.42. The van der Waals surface area contributed by atoms with Gasteiger partial charge in [0.05, 0.1) is 16.9 Å². The molecule has 0 spiro atoms. The number of pyridine rings is 2. The number of nitrogen functional groups attached to an aromatic ring is 1. The molecular formula is C15H13N3. The van der Waals surface area contributed by atoms with Crippen LogP contribution in [-0.2, 0) is 0 Å². The molecule has 3 heteroatoms. The Morgan fingerprint density at radius 2 is 1.94 bits per heavy atom. The van der Waals surface area contributed by atoms with Crippen LogP contribution in [-0.4, -0.2) is 9.97 Å². The maximum Gasteiger partial charge on any atom is 0.0931 e. The van der Waals surface area contributed by atoms with Crippen molar-refractivity contribution in [3.63, 3.8) is 0 Å². The molecule has 1 aromatic carbocycles. The fraction of sp³-hybridized carbons (Fsp3) is 0.0667. The Kier molecular flexibility index (Phi) is 2.45. The molecule has 0 radical (unpaired) electrons. The van der Waals surface area contributed by atoms with Crippen LogP contribution in [0.3, 0.4) is 0 Å². The molecule has 88 valence electrons. The molecule has 0 saturated carbocycles. The Morgan fingerprint density at radius 1 is 1.06 bits per heavy atom. The summed E-state index contributed by atoms with van der Waals surface area (Å²) in [6.07, 6.45) is 1.75. The lowest BCUT2D eigenvalue weighted by Gasteiger charge is -2.06. The lowest BCUT2D eigenvalue weighted by atomic mass is 10.1. The van der Waals surface area contributed by atoms with Crippen molar-refractivity contribution in [2.24, 2.45) is 0 Å². The summed E-state index contributed by atoms with van der Waals surface area (Å²) >= 11 is 0. The second-order valence-electron chi connectivity index (χ2n) is 4.30. The van der Waals surface area contributed by atoms with Crippen molar-refractivity contribution < 1.29 is 0 Å². The summed E-state index contributed by atoms with van der Waals surface area (Å²) in [5.74, 6) is 0. The molecule has 0 aliphatic carbocycles. The second kappa shape index (κ2) is 4.11. The first-order chi connectivity index (χ1) is 8.74. The first-order valence-electron chi connectivity index (χ1n) is 5.82. The maximum atomic E-state index is 5.94. The molecule has 0 saturated heterocycles. The van der Waals surface area contributed by atoms with Gasteiger partial charge in [0, 0.05) is 22.8 Å².